The molecule has 0 radical (unpaired) electrons. The standard InChI is InChI=1S/C25H30N2O3/c1-3-24(29)27-13-12-19-10-11-21(30-16-23(28)26-15-18-6-7-18)14-22(19)25(27)20-8-4-17(2)5-9-20/h4-5,8-11,14,18,25H,3,6-7,12-13,15-16H2,1-2H3,(H,26,28)/t25-/m1/s1. The van der Waals surface area contributed by atoms with Gasteiger partial charge in [-0.15, -0.1) is 0 Å². The molecule has 0 unspecified atom stereocenters. The van der Waals surface area contributed by atoms with Crippen molar-refractivity contribution in [2.24, 2.45) is 5.92 Å². The van der Waals surface area contributed by atoms with Crippen LogP contribution in [0, 0.1) is 12.8 Å². The Kier molecular flexibility index (Phi) is 6.07. The smallest absolute Gasteiger partial charge is 0.257 e. The molecule has 0 spiro atoms. The fraction of sp³-hybridized carbons (Fsp3) is 0.440. The van der Waals surface area contributed by atoms with Crippen LogP contribution in [-0.4, -0.2) is 36.4 Å². The average molecular weight is 407 g/mol. The molecule has 0 saturated heterocycles. The Bertz CT molecular complexity index is 918. The number of carbonyl (C=O) groups is 2. The molecule has 158 valence electrons. The predicted molar refractivity (Wildman–Crippen MR) is 116 cm³/mol. The van der Waals surface area contributed by atoms with Crippen molar-refractivity contribution in [3.63, 3.8) is 0 Å². The molecule has 2 aromatic carbocycles. The zero-order chi connectivity index (χ0) is 21.1. The highest BCUT2D eigenvalue weighted by atomic mass is 16.5. The lowest BCUT2D eigenvalue weighted by Gasteiger charge is -2.38. The summed E-state index contributed by atoms with van der Waals surface area (Å²) in [5, 5.41) is 2.93. The molecule has 30 heavy (non-hydrogen) atoms. The van der Waals surface area contributed by atoms with E-state index < -0.39 is 0 Å². The van der Waals surface area contributed by atoms with Gasteiger partial charge in [0.25, 0.3) is 5.91 Å². The van der Waals surface area contributed by atoms with Crippen molar-refractivity contribution < 1.29 is 14.3 Å². The first kappa shape index (κ1) is 20.5. The number of fused-ring (bicyclic) bond motifs is 1. The van der Waals surface area contributed by atoms with Gasteiger partial charge in [-0.25, -0.2) is 0 Å². The Hall–Kier alpha value is -2.82. The van der Waals surface area contributed by atoms with Gasteiger partial charge in [-0.1, -0.05) is 42.8 Å². The fourth-order valence-electron chi connectivity index (χ4n) is 4.04. The number of hydrogen-bond acceptors (Lipinski definition) is 3. The number of nitrogens with zero attached hydrogens (tertiary/aromatic N) is 1. The highest BCUT2D eigenvalue weighted by molar-refractivity contribution is 5.78. The van der Waals surface area contributed by atoms with Crippen molar-refractivity contribution in [2.45, 2.75) is 45.6 Å². The highest BCUT2D eigenvalue weighted by Crippen LogP contribution is 2.37. The topological polar surface area (TPSA) is 58.6 Å². The van der Waals surface area contributed by atoms with Gasteiger partial charge in [-0.3, -0.25) is 9.59 Å². The summed E-state index contributed by atoms with van der Waals surface area (Å²) in [6, 6.07) is 14.2. The van der Waals surface area contributed by atoms with E-state index in [1.165, 1.54) is 24.0 Å². The fourth-order valence-corrected chi connectivity index (χ4v) is 4.04. The van der Waals surface area contributed by atoms with E-state index in [1.807, 2.05) is 24.0 Å². The second kappa shape index (κ2) is 8.90. The molecule has 1 aliphatic carbocycles. The van der Waals surface area contributed by atoms with Gasteiger partial charge in [0.1, 0.15) is 5.75 Å². The molecule has 4 rings (SSSR count). The predicted octanol–water partition coefficient (Wildman–Crippen LogP) is 3.78. The molecule has 2 aromatic rings. The first-order chi connectivity index (χ1) is 14.5. The molecule has 2 aliphatic rings. The minimum Gasteiger partial charge on any atom is -0.484 e. The van der Waals surface area contributed by atoms with Crippen LogP contribution in [0.1, 0.15) is 54.5 Å². The van der Waals surface area contributed by atoms with Crippen molar-refractivity contribution in [1.29, 1.82) is 0 Å². The summed E-state index contributed by atoms with van der Waals surface area (Å²) in [5.74, 6) is 1.38. The van der Waals surface area contributed by atoms with Crippen LogP contribution in [0.15, 0.2) is 42.5 Å². The maximum atomic E-state index is 12.7. The molecule has 5 nitrogen and oxygen atoms in total. The van der Waals surface area contributed by atoms with Gasteiger partial charge < -0.3 is 15.0 Å². The van der Waals surface area contributed by atoms with Gasteiger partial charge >= 0.3 is 0 Å². The molecule has 1 saturated carbocycles. The number of hydrogen-bond donors (Lipinski definition) is 1. The van der Waals surface area contributed by atoms with Gasteiger partial charge in [0.05, 0.1) is 6.04 Å². The first-order valence-corrected chi connectivity index (χ1v) is 10.9. The number of amides is 2. The number of benzene rings is 2. The Morgan fingerprint density at radius 3 is 2.60 bits per heavy atom. The van der Waals surface area contributed by atoms with E-state index in [-0.39, 0.29) is 24.5 Å². The number of rotatable bonds is 7. The van der Waals surface area contributed by atoms with E-state index in [1.54, 1.807) is 0 Å². The van der Waals surface area contributed by atoms with Gasteiger partial charge in [0, 0.05) is 19.5 Å². The summed E-state index contributed by atoms with van der Waals surface area (Å²) >= 11 is 0. The van der Waals surface area contributed by atoms with Gasteiger partial charge in [0.15, 0.2) is 6.61 Å². The number of carbonyl (C=O) groups excluding carboxylic acids is 2. The summed E-state index contributed by atoms with van der Waals surface area (Å²) in [6.07, 6.45) is 3.72. The molecule has 1 aliphatic heterocycles. The van der Waals surface area contributed by atoms with Gasteiger partial charge in [-0.05, 0) is 60.9 Å². The van der Waals surface area contributed by atoms with Crippen LogP contribution in [0.4, 0.5) is 0 Å². The zero-order valence-corrected chi connectivity index (χ0v) is 17.8. The summed E-state index contributed by atoms with van der Waals surface area (Å²) in [6.45, 7) is 5.44. The lowest BCUT2D eigenvalue weighted by atomic mass is 9.87. The molecule has 2 amide bonds. The van der Waals surface area contributed by atoms with Crippen LogP contribution >= 0.6 is 0 Å². The van der Waals surface area contributed by atoms with Crippen molar-refractivity contribution in [3.8, 4) is 5.75 Å². The Morgan fingerprint density at radius 2 is 1.90 bits per heavy atom. The number of nitrogens with one attached hydrogen (secondary N) is 1. The normalized spacial score (nSPS) is 17.9. The van der Waals surface area contributed by atoms with E-state index in [2.05, 4.69) is 42.6 Å². The molecule has 1 atom stereocenters. The van der Waals surface area contributed by atoms with Crippen LogP contribution in [-0.2, 0) is 16.0 Å². The number of ether oxygens (including phenoxy) is 1. The third kappa shape index (κ3) is 4.66. The quantitative estimate of drug-likeness (QED) is 0.761. The Morgan fingerprint density at radius 1 is 1.13 bits per heavy atom. The van der Waals surface area contributed by atoms with Gasteiger partial charge in [-0.2, -0.15) is 0 Å². The third-order valence-corrected chi connectivity index (χ3v) is 6.02. The summed E-state index contributed by atoms with van der Waals surface area (Å²) in [4.78, 5) is 26.7. The van der Waals surface area contributed by atoms with E-state index >= 15 is 0 Å². The maximum Gasteiger partial charge on any atom is 0.257 e. The summed E-state index contributed by atoms with van der Waals surface area (Å²) in [7, 11) is 0. The molecule has 1 heterocycles. The zero-order valence-electron chi connectivity index (χ0n) is 17.8. The maximum absolute atomic E-state index is 12.7. The van der Waals surface area contributed by atoms with E-state index in [4.69, 9.17) is 4.74 Å². The van der Waals surface area contributed by atoms with Gasteiger partial charge in [0.2, 0.25) is 5.91 Å². The Labute approximate surface area is 178 Å². The lowest BCUT2D eigenvalue weighted by molar-refractivity contribution is -0.133. The van der Waals surface area contributed by atoms with Crippen LogP contribution in [0.25, 0.3) is 0 Å². The van der Waals surface area contributed by atoms with E-state index in [0.29, 0.717) is 24.6 Å². The largest absolute Gasteiger partial charge is 0.484 e. The van der Waals surface area contributed by atoms with Crippen molar-refractivity contribution in [1.82, 2.24) is 10.2 Å². The average Bonchev–Trinajstić information content (AvgIpc) is 3.60. The highest BCUT2D eigenvalue weighted by Gasteiger charge is 2.31. The molecular formula is C25H30N2O3. The lowest BCUT2D eigenvalue weighted by Crippen LogP contribution is -2.40. The number of aryl methyl sites for hydroxylation is 1. The van der Waals surface area contributed by atoms with Crippen LogP contribution in [0.3, 0.4) is 0 Å². The van der Waals surface area contributed by atoms with Crippen LogP contribution in [0.2, 0.25) is 0 Å². The molecule has 1 fully saturated rings. The minimum absolute atomic E-state index is 0.0122. The molecule has 5 heteroatoms. The molecule has 0 bridgehead atoms. The molecule has 0 aromatic heterocycles. The SMILES string of the molecule is CCC(=O)N1CCc2ccc(OCC(=O)NCC3CC3)cc2[C@H]1c1ccc(C)cc1. The third-order valence-electron chi connectivity index (χ3n) is 6.02. The molecule has 1 N–H and O–H groups in total. The Balaban J connectivity index is 1.56. The van der Waals surface area contributed by atoms with Crippen molar-refractivity contribution >= 4 is 11.8 Å². The van der Waals surface area contributed by atoms with Crippen LogP contribution < -0.4 is 10.1 Å². The monoisotopic (exact) mass is 406 g/mol. The van der Waals surface area contributed by atoms with Crippen molar-refractivity contribution in [3.05, 3.63) is 64.7 Å². The minimum atomic E-state index is -0.131. The van der Waals surface area contributed by atoms with Crippen molar-refractivity contribution in [2.75, 3.05) is 19.7 Å². The first-order valence-electron chi connectivity index (χ1n) is 10.9. The second-order valence-electron chi connectivity index (χ2n) is 8.40. The van der Waals surface area contributed by atoms with E-state index in [0.717, 1.165) is 24.1 Å². The van der Waals surface area contributed by atoms with E-state index in [9.17, 15) is 9.59 Å². The molecular weight excluding hydrogens is 376 g/mol. The van der Waals surface area contributed by atoms with Crippen LogP contribution in [0.5, 0.6) is 5.75 Å². The summed E-state index contributed by atoms with van der Waals surface area (Å²) < 4.78 is 5.80. The second-order valence-corrected chi connectivity index (χ2v) is 8.40. The summed E-state index contributed by atoms with van der Waals surface area (Å²) in [5.41, 5.74) is 4.61.